The van der Waals surface area contributed by atoms with Crippen molar-refractivity contribution in [1.82, 2.24) is 20.1 Å². The summed E-state index contributed by atoms with van der Waals surface area (Å²) >= 11 is 0. The zero-order chi connectivity index (χ0) is 13.0. The van der Waals surface area contributed by atoms with Crippen molar-refractivity contribution in [2.24, 2.45) is 5.73 Å². The van der Waals surface area contributed by atoms with E-state index in [2.05, 4.69) is 26.2 Å². The minimum absolute atomic E-state index is 0.612. The molecule has 94 valence electrons. The van der Waals surface area contributed by atoms with Crippen LogP contribution < -0.4 is 5.73 Å². The quantitative estimate of drug-likeness (QED) is 0.720. The van der Waals surface area contributed by atoms with Gasteiger partial charge in [0.25, 0.3) is 0 Å². The molecule has 6 heteroatoms. The molecule has 0 saturated carbocycles. The zero-order valence-electron chi connectivity index (χ0n) is 10.3. The first-order valence-corrected chi connectivity index (χ1v) is 5.74. The van der Waals surface area contributed by atoms with E-state index >= 15 is 0 Å². The Labute approximate surface area is 105 Å². The molecule has 2 aromatic rings. The van der Waals surface area contributed by atoms with Crippen molar-refractivity contribution in [1.29, 1.82) is 5.26 Å². The highest BCUT2D eigenvalue weighted by atomic mass is 15.1. The van der Waals surface area contributed by atoms with Crippen molar-refractivity contribution in [3.8, 4) is 17.5 Å². The van der Waals surface area contributed by atoms with E-state index in [0.29, 0.717) is 12.1 Å². The number of nitrogens with one attached hydrogen (secondary N) is 2. The molecule has 0 aliphatic heterocycles. The third-order valence-corrected chi connectivity index (χ3v) is 2.75. The van der Waals surface area contributed by atoms with Crippen molar-refractivity contribution < 1.29 is 0 Å². The number of aromatic nitrogens is 3. The molecule has 0 aliphatic rings. The zero-order valence-corrected chi connectivity index (χ0v) is 10.3. The van der Waals surface area contributed by atoms with Crippen molar-refractivity contribution in [2.45, 2.75) is 6.54 Å². The molecule has 0 spiro atoms. The van der Waals surface area contributed by atoms with Gasteiger partial charge in [0, 0.05) is 31.4 Å². The molecule has 6 nitrogen and oxygen atoms in total. The molecule has 18 heavy (non-hydrogen) atoms. The second-order valence-corrected chi connectivity index (χ2v) is 4.21. The minimum Gasteiger partial charge on any atom is -0.359 e. The maximum atomic E-state index is 8.82. The number of aromatic amines is 2. The molecule has 0 unspecified atom stereocenters. The Balaban J connectivity index is 2.19. The Morgan fingerprint density at radius 1 is 1.56 bits per heavy atom. The average molecular weight is 244 g/mol. The summed E-state index contributed by atoms with van der Waals surface area (Å²) < 4.78 is 0. The van der Waals surface area contributed by atoms with Gasteiger partial charge in [-0.25, -0.2) is 0 Å². The fourth-order valence-electron chi connectivity index (χ4n) is 1.86. The lowest BCUT2D eigenvalue weighted by molar-refractivity contribution is 0.337. The summed E-state index contributed by atoms with van der Waals surface area (Å²) in [6.07, 6.45) is 3.48. The smallest absolute Gasteiger partial charge is 0.101 e. The van der Waals surface area contributed by atoms with Crippen LogP contribution in [0.15, 0.2) is 18.5 Å². The highest BCUT2D eigenvalue weighted by molar-refractivity contribution is 5.60. The molecule has 0 aromatic carbocycles. The molecule has 2 rings (SSSR count). The number of hydrogen-bond donors (Lipinski definition) is 3. The summed E-state index contributed by atoms with van der Waals surface area (Å²) in [4.78, 5) is 5.20. The second kappa shape index (κ2) is 5.49. The average Bonchev–Trinajstić information content (AvgIpc) is 2.96. The molecule has 0 atom stereocenters. The van der Waals surface area contributed by atoms with Crippen LogP contribution in [0.2, 0.25) is 0 Å². The third-order valence-electron chi connectivity index (χ3n) is 2.75. The largest absolute Gasteiger partial charge is 0.359 e. The van der Waals surface area contributed by atoms with Crippen molar-refractivity contribution in [2.75, 3.05) is 20.1 Å². The highest BCUT2D eigenvalue weighted by Crippen LogP contribution is 2.21. The molecule has 2 aromatic heterocycles. The van der Waals surface area contributed by atoms with Gasteiger partial charge >= 0.3 is 0 Å². The van der Waals surface area contributed by atoms with Crippen LogP contribution in [0.5, 0.6) is 0 Å². The van der Waals surface area contributed by atoms with Gasteiger partial charge in [-0.2, -0.15) is 10.4 Å². The van der Waals surface area contributed by atoms with Gasteiger partial charge in [0.05, 0.1) is 23.1 Å². The van der Waals surface area contributed by atoms with E-state index in [1.807, 2.05) is 7.05 Å². The SMILES string of the molecule is CN(CCN)Cc1cn[nH]c1-c1cc(C#N)c[nH]1. The number of hydrogen-bond acceptors (Lipinski definition) is 4. The Morgan fingerprint density at radius 3 is 3.06 bits per heavy atom. The molecule has 4 N–H and O–H groups in total. The summed E-state index contributed by atoms with van der Waals surface area (Å²) in [5, 5.41) is 15.8. The van der Waals surface area contributed by atoms with Crippen LogP contribution in [0, 0.1) is 11.3 Å². The molecular weight excluding hydrogens is 228 g/mol. The highest BCUT2D eigenvalue weighted by Gasteiger charge is 2.11. The maximum Gasteiger partial charge on any atom is 0.101 e. The standard InChI is InChI=1S/C12H16N6/c1-18(3-2-13)8-10-7-16-17-12(10)11-4-9(5-14)6-15-11/h4,6-7,15H,2-3,8,13H2,1H3,(H,16,17). The van der Waals surface area contributed by atoms with Gasteiger partial charge in [-0.1, -0.05) is 0 Å². The van der Waals surface area contributed by atoms with Gasteiger partial charge in [0.1, 0.15) is 6.07 Å². The van der Waals surface area contributed by atoms with Gasteiger partial charge in [0.15, 0.2) is 0 Å². The van der Waals surface area contributed by atoms with E-state index in [0.717, 1.165) is 30.0 Å². The molecule has 0 aliphatic carbocycles. The van der Waals surface area contributed by atoms with Crippen molar-refractivity contribution in [3.05, 3.63) is 29.6 Å². The van der Waals surface area contributed by atoms with E-state index < -0.39 is 0 Å². The van der Waals surface area contributed by atoms with Crippen molar-refractivity contribution >= 4 is 0 Å². The number of nitrogens with zero attached hydrogens (tertiary/aromatic N) is 3. The number of nitrogens with two attached hydrogens (primary N) is 1. The van der Waals surface area contributed by atoms with Crippen LogP contribution in [0.25, 0.3) is 11.4 Å². The lowest BCUT2D eigenvalue weighted by Gasteiger charge is -2.14. The first-order chi connectivity index (χ1) is 8.74. The van der Waals surface area contributed by atoms with Gasteiger partial charge in [-0.15, -0.1) is 0 Å². The van der Waals surface area contributed by atoms with Gasteiger partial charge in [0.2, 0.25) is 0 Å². The Morgan fingerprint density at radius 2 is 2.39 bits per heavy atom. The van der Waals surface area contributed by atoms with Crippen molar-refractivity contribution in [3.63, 3.8) is 0 Å². The summed E-state index contributed by atoms with van der Waals surface area (Å²) in [5.41, 5.74) is 9.01. The fraction of sp³-hybridized carbons (Fsp3) is 0.333. The predicted octanol–water partition coefficient (Wildman–Crippen LogP) is 0.667. The Bertz CT molecular complexity index is 547. The van der Waals surface area contributed by atoms with Crippen LogP contribution in [0.4, 0.5) is 0 Å². The Kier molecular flexibility index (Phi) is 3.77. The monoisotopic (exact) mass is 244 g/mol. The number of H-pyrrole nitrogens is 2. The van der Waals surface area contributed by atoms with Gasteiger partial charge in [-0.05, 0) is 13.1 Å². The lowest BCUT2D eigenvalue weighted by atomic mass is 10.2. The number of nitriles is 1. The minimum atomic E-state index is 0.612. The Hall–Kier alpha value is -2.10. The molecule has 0 saturated heterocycles. The third kappa shape index (κ3) is 2.59. The molecule has 0 fully saturated rings. The topological polar surface area (TPSA) is 97.5 Å². The van der Waals surface area contributed by atoms with E-state index in [9.17, 15) is 0 Å². The predicted molar refractivity (Wildman–Crippen MR) is 68.5 cm³/mol. The van der Waals surface area contributed by atoms with E-state index in [-0.39, 0.29) is 0 Å². The second-order valence-electron chi connectivity index (χ2n) is 4.21. The van der Waals surface area contributed by atoms with E-state index in [1.54, 1.807) is 18.5 Å². The summed E-state index contributed by atoms with van der Waals surface area (Å²) in [6, 6.07) is 3.90. The maximum absolute atomic E-state index is 8.82. The summed E-state index contributed by atoms with van der Waals surface area (Å²) in [6.45, 7) is 2.23. The normalized spacial score (nSPS) is 10.8. The lowest BCUT2D eigenvalue weighted by Crippen LogP contribution is -2.25. The number of rotatable bonds is 5. The van der Waals surface area contributed by atoms with Crippen LogP contribution in [-0.2, 0) is 6.54 Å². The molecule has 0 radical (unpaired) electrons. The van der Waals surface area contributed by atoms with E-state index in [1.165, 1.54) is 0 Å². The van der Waals surface area contributed by atoms with Crippen LogP contribution in [0.1, 0.15) is 11.1 Å². The fourth-order valence-corrected chi connectivity index (χ4v) is 1.86. The summed E-state index contributed by atoms with van der Waals surface area (Å²) in [7, 11) is 2.01. The molecule has 2 heterocycles. The molecular formula is C12H16N6. The van der Waals surface area contributed by atoms with E-state index in [4.69, 9.17) is 11.0 Å². The molecule has 0 amide bonds. The number of likely N-dealkylation sites (N-methyl/N-ethyl adjacent to an activating group) is 1. The first-order valence-electron chi connectivity index (χ1n) is 5.74. The van der Waals surface area contributed by atoms with Crippen LogP contribution >= 0.6 is 0 Å². The summed E-state index contributed by atoms with van der Waals surface area (Å²) in [5.74, 6) is 0. The first kappa shape index (κ1) is 12.4. The van der Waals surface area contributed by atoms with Crippen LogP contribution in [-0.4, -0.2) is 40.2 Å². The molecule has 0 bridgehead atoms. The van der Waals surface area contributed by atoms with Gasteiger partial charge < -0.3 is 15.6 Å². The van der Waals surface area contributed by atoms with Crippen LogP contribution in [0.3, 0.4) is 0 Å². The van der Waals surface area contributed by atoms with Gasteiger partial charge in [-0.3, -0.25) is 5.10 Å².